The molecule has 3 N–H and O–H groups in total. The van der Waals surface area contributed by atoms with Crippen LogP contribution in [0, 0.1) is 11.8 Å². The van der Waals surface area contributed by atoms with Gasteiger partial charge in [0.25, 0.3) is 0 Å². The van der Waals surface area contributed by atoms with E-state index < -0.39 is 0 Å². The number of ether oxygens (including phenoxy) is 1. The van der Waals surface area contributed by atoms with Gasteiger partial charge in [-0.3, -0.25) is 4.79 Å². The Morgan fingerprint density at radius 1 is 1.67 bits per heavy atom. The van der Waals surface area contributed by atoms with Crippen molar-refractivity contribution in [1.29, 1.82) is 0 Å². The highest BCUT2D eigenvalue weighted by molar-refractivity contribution is 5.78. The second-order valence-electron chi connectivity index (χ2n) is 4.19. The third kappa shape index (κ3) is 4.18. The van der Waals surface area contributed by atoms with Crippen molar-refractivity contribution >= 4 is 5.91 Å². The van der Waals surface area contributed by atoms with E-state index in [1.807, 2.05) is 6.92 Å². The first-order valence-electron chi connectivity index (χ1n) is 5.83. The summed E-state index contributed by atoms with van der Waals surface area (Å²) in [5.74, 6) is 0.584. The number of rotatable bonds is 6. The molecule has 0 saturated carbocycles. The standard InChI is InChI=1S/C11H22N2O2/c1-2-4-13-11(14)10(7-12)6-9-3-5-15-8-9/h9-10H,2-8,12H2,1H3,(H,13,14). The molecule has 1 aliphatic heterocycles. The summed E-state index contributed by atoms with van der Waals surface area (Å²) in [4.78, 5) is 11.7. The molecule has 4 heteroatoms. The summed E-state index contributed by atoms with van der Waals surface area (Å²) in [6.07, 6.45) is 2.90. The number of hydrogen-bond acceptors (Lipinski definition) is 3. The fourth-order valence-corrected chi connectivity index (χ4v) is 1.87. The third-order valence-electron chi connectivity index (χ3n) is 2.85. The summed E-state index contributed by atoms with van der Waals surface area (Å²) < 4.78 is 5.29. The van der Waals surface area contributed by atoms with Gasteiger partial charge in [0.1, 0.15) is 0 Å². The van der Waals surface area contributed by atoms with E-state index in [1.54, 1.807) is 0 Å². The molecule has 1 rings (SSSR count). The van der Waals surface area contributed by atoms with Crippen LogP contribution in [0.2, 0.25) is 0 Å². The molecule has 1 amide bonds. The molecule has 0 radical (unpaired) electrons. The lowest BCUT2D eigenvalue weighted by molar-refractivity contribution is -0.125. The molecule has 1 fully saturated rings. The Labute approximate surface area is 91.5 Å². The predicted octanol–water partition coefficient (Wildman–Crippen LogP) is 0.514. The molecular formula is C11H22N2O2. The molecule has 0 bridgehead atoms. The molecule has 0 aromatic carbocycles. The van der Waals surface area contributed by atoms with E-state index in [0.717, 1.165) is 39.0 Å². The molecule has 2 atom stereocenters. The Bertz CT molecular complexity index is 191. The molecule has 1 heterocycles. The molecule has 0 spiro atoms. The molecule has 1 saturated heterocycles. The Morgan fingerprint density at radius 2 is 2.47 bits per heavy atom. The van der Waals surface area contributed by atoms with Crippen LogP contribution in [0.15, 0.2) is 0 Å². The van der Waals surface area contributed by atoms with Gasteiger partial charge in [-0.25, -0.2) is 0 Å². The largest absolute Gasteiger partial charge is 0.381 e. The summed E-state index contributed by atoms with van der Waals surface area (Å²) >= 11 is 0. The molecule has 4 nitrogen and oxygen atoms in total. The van der Waals surface area contributed by atoms with Crippen molar-refractivity contribution in [3.8, 4) is 0 Å². The summed E-state index contributed by atoms with van der Waals surface area (Å²) in [6.45, 7) is 4.85. The molecule has 0 aliphatic carbocycles. The Kier molecular flexibility index (Phi) is 5.65. The van der Waals surface area contributed by atoms with Crippen molar-refractivity contribution in [3.63, 3.8) is 0 Å². The van der Waals surface area contributed by atoms with Crippen LogP contribution in [-0.4, -0.2) is 32.2 Å². The van der Waals surface area contributed by atoms with Gasteiger partial charge < -0.3 is 15.8 Å². The van der Waals surface area contributed by atoms with E-state index in [1.165, 1.54) is 0 Å². The topological polar surface area (TPSA) is 64.4 Å². The first-order chi connectivity index (χ1) is 7.27. The molecule has 0 aromatic rings. The number of carbonyl (C=O) groups is 1. The smallest absolute Gasteiger partial charge is 0.224 e. The number of hydrogen-bond donors (Lipinski definition) is 2. The van der Waals surface area contributed by atoms with Crippen molar-refractivity contribution in [2.75, 3.05) is 26.3 Å². The Balaban J connectivity index is 2.29. The van der Waals surface area contributed by atoms with Crippen LogP contribution >= 0.6 is 0 Å². The fourth-order valence-electron chi connectivity index (χ4n) is 1.87. The minimum atomic E-state index is -0.0387. The van der Waals surface area contributed by atoms with Crippen LogP contribution in [-0.2, 0) is 9.53 Å². The van der Waals surface area contributed by atoms with Crippen LogP contribution in [0.1, 0.15) is 26.2 Å². The highest BCUT2D eigenvalue weighted by atomic mass is 16.5. The monoisotopic (exact) mass is 214 g/mol. The van der Waals surface area contributed by atoms with Crippen LogP contribution in [0.3, 0.4) is 0 Å². The summed E-state index contributed by atoms with van der Waals surface area (Å²) in [7, 11) is 0. The maximum absolute atomic E-state index is 11.7. The van der Waals surface area contributed by atoms with E-state index in [4.69, 9.17) is 10.5 Å². The van der Waals surface area contributed by atoms with Gasteiger partial charge in [0.2, 0.25) is 5.91 Å². The normalized spacial score (nSPS) is 22.7. The fraction of sp³-hybridized carbons (Fsp3) is 0.909. The number of carbonyl (C=O) groups excluding carboxylic acids is 1. The number of amides is 1. The van der Waals surface area contributed by atoms with Crippen molar-refractivity contribution in [2.45, 2.75) is 26.2 Å². The highest BCUT2D eigenvalue weighted by Gasteiger charge is 2.24. The van der Waals surface area contributed by atoms with Gasteiger partial charge in [-0.15, -0.1) is 0 Å². The van der Waals surface area contributed by atoms with E-state index in [-0.39, 0.29) is 11.8 Å². The SMILES string of the molecule is CCCNC(=O)C(CN)CC1CCOC1. The van der Waals surface area contributed by atoms with Crippen molar-refractivity contribution in [2.24, 2.45) is 17.6 Å². The lowest BCUT2D eigenvalue weighted by Crippen LogP contribution is -2.36. The lowest BCUT2D eigenvalue weighted by Gasteiger charge is -2.17. The molecule has 88 valence electrons. The highest BCUT2D eigenvalue weighted by Crippen LogP contribution is 2.20. The van der Waals surface area contributed by atoms with Crippen LogP contribution in [0.4, 0.5) is 0 Å². The van der Waals surface area contributed by atoms with Gasteiger partial charge in [-0.2, -0.15) is 0 Å². The lowest BCUT2D eigenvalue weighted by atomic mass is 9.93. The van der Waals surface area contributed by atoms with Crippen LogP contribution in [0.25, 0.3) is 0 Å². The molecule has 0 aromatic heterocycles. The molecular weight excluding hydrogens is 192 g/mol. The first kappa shape index (κ1) is 12.5. The van der Waals surface area contributed by atoms with Gasteiger partial charge in [-0.1, -0.05) is 6.92 Å². The van der Waals surface area contributed by atoms with Crippen LogP contribution < -0.4 is 11.1 Å². The van der Waals surface area contributed by atoms with Gasteiger partial charge in [0.05, 0.1) is 5.92 Å². The first-order valence-corrected chi connectivity index (χ1v) is 5.83. The van der Waals surface area contributed by atoms with Crippen LogP contribution in [0.5, 0.6) is 0 Å². The Hall–Kier alpha value is -0.610. The summed E-state index contributed by atoms with van der Waals surface area (Å²) in [5.41, 5.74) is 5.62. The van der Waals surface area contributed by atoms with Gasteiger partial charge in [-0.05, 0) is 25.2 Å². The average Bonchev–Trinajstić information content (AvgIpc) is 2.75. The van der Waals surface area contributed by atoms with Gasteiger partial charge >= 0.3 is 0 Å². The number of nitrogens with two attached hydrogens (primary N) is 1. The molecule has 2 unspecified atom stereocenters. The molecule has 1 aliphatic rings. The van der Waals surface area contributed by atoms with E-state index >= 15 is 0 Å². The maximum atomic E-state index is 11.7. The maximum Gasteiger partial charge on any atom is 0.224 e. The van der Waals surface area contributed by atoms with E-state index in [2.05, 4.69) is 5.32 Å². The summed E-state index contributed by atoms with van der Waals surface area (Å²) in [5, 5.41) is 2.90. The molecule has 15 heavy (non-hydrogen) atoms. The van der Waals surface area contributed by atoms with E-state index in [9.17, 15) is 4.79 Å². The van der Waals surface area contributed by atoms with Crippen molar-refractivity contribution in [1.82, 2.24) is 5.32 Å². The zero-order valence-electron chi connectivity index (χ0n) is 9.50. The van der Waals surface area contributed by atoms with Crippen molar-refractivity contribution < 1.29 is 9.53 Å². The predicted molar refractivity (Wildman–Crippen MR) is 59.4 cm³/mol. The minimum Gasteiger partial charge on any atom is -0.381 e. The van der Waals surface area contributed by atoms with E-state index in [0.29, 0.717) is 12.5 Å². The Morgan fingerprint density at radius 3 is 3.00 bits per heavy atom. The zero-order valence-corrected chi connectivity index (χ0v) is 9.50. The third-order valence-corrected chi connectivity index (χ3v) is 2.85. The average molecular weight is 214 g/mol. The summed E-state index contributed by atoms with van der Waals surface area (Å²) in [6, 6.07) is 0. The quantitative estimate of drug-likeness (QED) is 0.677. The second kappa shape index (κ2) is 6.80. The van der Waals surface area contributed by atoms with Gasteiger partial charge in [0.15, 0.2) is 0 Å². The second-order valence-corrected chi connectivity index (χ2v) is 4.19. The minimum absolute atomic E-state index is 0.0387. The van der Waals surface area contributed by atoms with Crippen molar-refractivity contribution in [3.05, 3.63) is 0 Å². The van der Waals surface area contributed by atoms with Gasteiger partial charge in [0, 0.05) is 26.3 Å². The zero-order chi connectivity index (χ0) is 11.1. The number of nitrogens with one attached hydrogen (secondary N) is 1.